The molecular formula is C19H25FN3O2Y-. The first-order valence-electron chi connectivity index (χ1n) is 8.73. The Morgan fingerprint density at radius 3 is 2.42 bits per heavy atom. The third-order valence-corrected chi connectivity index (χ3v) is 4.42. The number of allylic oxidation sites excluding steroid dienone is 1. The molecule has 1 atom stereocenters. The third kappa shape index (κ3) is 7.91. The number of nitrogens with zero attached hydrogens (tertiary/aromatic N) is 3. The molecule has 0 amide bonds. The van der Waals surface area contributed by atoms with E-state index in [9.17, 15) is 14.9 Å². The van der Waals surface area contributed by atoms with E-state index in [1.54, 1.807) is 12.1 Å². The summed E-state index contributed by atoms with van der Waals surface area (Å²) < 4.78 is 12.8. The first-order valence-corrected chi connectivity index (χ1v) is 8.73. The Morgan fingerprint density at radius 2 is 1.81 bits per heavy atom. The van der Waals surface area contributed by atoms with Crippen LogP contribution in [0.5, 0.6) is 0 Å². The Balaban J connectivity index is 0.000000318. The molecule has 2 aliphatic heterocycles. The van der Waals surface area contributed by atoms with Gasteiger partial charge in [-0.2, -0.15) is 10.3 Å². The molecular weight excluding hydrogens is 410 g/mol. The SMILES string of the molecule is N#CC(=C1CCN(O)CC1)c1ccc(F)cc1.OC1CCC[N-]CC1.[Y]. The fourth-order valence-corrected chi connectivity index (χ4v) is 2.91. The van der Waals surface area contributed by atoms with E-state index in [0.717, 1.165) is 43.5 Å². The molecule has 1 unspecified atom stereocenters. The molecule has 0 aromatic heterocycles. The van der Waals surface area contributed by atoms with Gasteiger partial charge >= 0.3 is 0 Å². The Labute approximate surface area is 179 Å². The summed E-state index contributed by atoms with van der Waals surface area (Å²) in [5.41, 5.74) is 2.39. The van der Waals surface area contributed by atoms with Crippen LogP contribution in [-0.4, -0.2) is 47.7 Å². The van der Waals surface area contributed by atoms with Crippen molar-refractivity contribution >= 4 is 5.57 Å². The maximum Gasteiger partial charge on any atom is 0.123 e. The summed E-state index contributed by atoms with van der Waals surface area (Å²) in [6.45, 7) is 2.90. The quantitative estimate of drug-likeness (QED) is 0.662. The van der Waals surface area contributed by atoms with E-state index < -0.39 is 0 Å². The fourth-order valence-electron chi connectivity index (χ4n) is 2.91. The molecule has 2 N–H and O–H groups in total. The minimum absolute atomic E-state index is 0. The maximum atomic E-state index is 12.8. The number of piperidine rings is 1. The van der Waals surface area contributed by atoms with Crippen molar-refractivity contribution in [2.75, 3.05) is 26.2 Å². The van der Waals surface area contributed by atoms with Crippen molar-refractivity contribution in [2.45, 2.75) is 38.2 Å². The number of halogens is 1. The summed E-state index contributed by atoms with van der Waals surface area (Å²) in [6, 6.07) is 8.13. The molecule has 139 valence electrons. The first kappa shape index (κ1) is 23.4. The summed E-state index contributed by atoms with van der Waals surface area (Å²) in [5.74, 6) is -0.304. The third-order valence-electron chi connectivity index (χ3n) is 4.42. The van der Waals surface area contributed by atoms with E-state index in [2.05, 4.69) is 11.4 Å². The molecule has 7 heteroatoms. The standard InChI is InChI=1S/C13H13FN2O.C6H12NO.Y/c14-12-3-1-10(2-4-12)13(9-15)11-5-7-16(17)8-6-11;8-6-2-1-4-7-5-3-6;/h1-4,17H,5-8H2;6,8H,1-5H2;/q;-1;. The van der Waals surface area contributed by atoms with Gasteiger partial charge in [0.25, 0.3) is 0 Å². The largest absolute Gasteiger partial charge is 0.662 e. The summed E-state index contributed by atoms with van der Waals surface area (Å²) in [7, 11) is 0. The van der Waals surface area contributed by atoms with Gasteiger partial charge in [-0.15, -0.1) is 13.1 Å². The average Bonchev–Trinajstić information content (AvgIpc) is 2.87. The molecule has 2 saturated heterocycles. The summed E-state index contributed by atoms with van der Waals surface area (Å²) in [5, 5.41) is 32.9. The fraction of sp³-hybridized carbons (Fsp3) is 0.526. The first-order chi connectivity index (χ1) is 12.1. The zero-order valence-corrected chi connectivity index (χ0v) is 17.8. The monoisotopic (exact) mass is 435 g/mol. The van der Waals surface area contributed by atoms with Crippen molar-refractivity contribution in [3.8, 4) is 6.07 Å². The van der Waals surface area contributed by atoms with E-state index in [-0.39, 0.29) is 44.6 Å². The molecule has 0 aliphatic carbocycles. The number of hydrogen-bond acceptors (Lipinski definition) is 4. The van der Waals surface area contributed by atoms with E-state index >= 15 is 0 Å². The van der Waals surface area contributed by atoms with Crippen molar-refractivity contribution in [3.63, 3.8) is 0 Å². The Morgan fingerprint density at radius 1 is 1.15 bits per heavy atom. The minimum atomic E-state index is -0.304. The van der Waals surface area contributed by atoms with Crippen molar-refractivity contribution in [3.05, 3.63) is 46.5 Å². The zero-order chi connectivity index (χ0) is 18.1. The van der Waals surface area contributed by atoms with Crippen LogP contribution in [0.25, 0.3) is 10.9 Å². The molecule has 2 fully saturated rings. The van der Waals surface area contributed by atoms with Crippen LogP contribution < -0.4 is 0 Å². The van der Waals surface area contributed by atoms with E-state index in [0.29, 0.717) is 31.5 Å². The molecule has 2 aliphatic rings. The van der Waals surface area contributed by atoms with Gasteiger partial charge in [-0.05, 0) is 49.0 Å². The number of benzene rings is 1. The molecule has 0 bridgehead atoms. The van der Waals surface area contributed by atoms with Gasteiger partial charge in [-0.1, -0.05) is 18.6 Å². The second-order valence-corrected chi connectivity index (χ2v) is 6.31. The molecule has 0 spiro atoms. The zero-order valence-electron chi connectivity index (χ0n) is 14.9. The van der Waals surface area contributed by atoms with Gasteiger partial charge in [0.1, 0.15) is 5.82 Å². The predicted molar refractivity (Wildman–Crippen MR) is 94.5 cm³/mol. The molecule has 0 saturated carbocycles. The van der Waals surface area contributed by atoms with E-state index in [1.165, 1.54) is 17.2 Å². The molecule has 1 aromatic carbocycles. The minimum Gasteiger partial charge on any atom is -0.662 e. The molecule has 5 nitrogen and oxygen atoms in total. The number of hydroxylamine groups is 2. The van der Waals surface area contributed by atoms with Crippen molar-refractivity contribution < 1.29 is 47.4 Å². The maximum absolute atomic E-state index is 12.8. The van der Waals surface area contributed by atoms with Gasteiger partial charge in [0, 0.05) is 45.8 Å². The molecule has 2 heterocycles. The van der Waals surface area contributed by atoms with Gasteiger partial charge in [-0.25, -0.2) is 4.39 Å². The van der Waals surface area contributed by atoms with Crippen LogP contribution >= 0.6 is 0 Å². The molecule has 1 radical (unpaired) electrons. The summed E-state index contributed by atoms with van der Waals surface area (Å²) in [4.78, 5) is 0. The van der Waals surface area contributed by atoms with Crippen LogP contribution in [0.2, 0.25) is 0 Å². The van der Waals surface area contributed by atoms with Gasteiger partial charge in [0.15, 0.2) is 0 Å². The van der Waals surface area contributed by atoms with Gasteiger partial charge in [-0.3, -0.25) is 0 Å². The average molecular weight is 435 g/mol. The molecule has 1 aromatic rings. The number of hydrogen-bond donors (Lipinski definition) is 2. The van der Waals surface area contributed by atoms with Crippen LogP contribution in [0.3, 0.4) is 0 Å². The second kappa shape index (κ2) is 12.7. The predicted octanol–water partition coefficient (Wildman–Crippen LogP) is 3.49. The Kier molecular flexibility index (Phi) is 11.4. The van der Waals surface area contributed by atoms with Gasteiger partial charge in [0.05, 0.1) is 17.7 Å². The topological polar surface area (TPSA) is 81.6 Å². The van der Waals surface area contributed by atoms with Crippen LogP contribution in [0.4, 0.5) is 4.39 Å². The summed E-state index contributed by atoms with van der Waals surface area (Å²) in [6.07, 6.45) is 4.18. The summed E-state index contributed by atoms with van der Waals surface area (Å²) >= 11 is 0. The molecule has 26 heavy (non-hydrogen) atoms. The number of aliphatic hydroxyl groups is 1. The van der Waals surface area contributed by atoms with Crippen LogP contribution in [0.1, 0.15) is 37.7 Å². The Hall–Kier alpha value is -0.676. The number of aliphatic hydroxyl groups excluding tert-OH is 1. The molecule has 3 rings (SSSR count). The van der Waals surface area contributed by atoms with Crippen LogP contribution in [0, 0.1) is 17.1 Å². The number of nitriles is 1. The Bertz CT molecular complexity index is 598. The van der Waals surface area contributed by atoms with Gasteiger partial charge in [0.2, 0.25) is 0 Å². The normalized spacial score (nSPS) is 20.7. The van der Waals surface area contributed by atoms with Gasteiger partial charge < -0.3 is 15.6 Å². The number of rotatable bonds is 1. The van der Waals surface area contributed by atoms with E-state index in [4.69, 9.17) is 5.11 Å². The van der Waals surface area contributed by atoms with Crippen LogP contribution in [0.15, 0.2) is 29.8 Å². The van der Waals surface area contributed by atoms with Crippen molar-refractivity contribution in [2.24, 2.45) is 0 Å². The van der Waals surface area contributed by atoms with Crippen molar-refractivity contribution in [1.82, 2.24) is 5.06 Å². The smallest absolute Gasteiger partial charge is 0.123 e. The second-order valence-electron chi connectivity index (χ2n) is 6.31. The van der Waals surface area contributed by atoms with Crippen molar-refractivity contribution in [1.29, 1.82) is 5.26 Å². The van der Waals surface area contributed by atoms with Crippen LogP contribution in [-0.2, 0) is 32.7 Å². The van der Waals surface area contributed by atoms with E-state index in [1.807, 2.05) is 0 Å².